The Balaban J connectivity index is 2.40. The highest BCUT2D eigenvalue weighted by atomic mass is 16.2. The number of amides is 2. The molecule has 4 heteroatoms. The van der Waals surface area contributed by atoms with Crippen molar-refractivity contribution in [3.05, 3.63) is 0 Å². The second-order valence-electron chi connectivity index (χ2n) is 5.26. The van der Waals surface area contributed by atoms with Crippen molar-refractivity contribution < 1.29 is 9.59 Å². The normalized spacial score (nSPS) is 17.8. The predicted molar refractivity (Wildman–Crippen MR) is 58.3 cm³/mol. The topological polar surface area (TPSA) is 40.6 Å². The van der Waals surface area contributed by atoms with Crippen molar-refractivity contribution in [2.45, 2.75) is 27.2 Å². The molecule has 15 heavy (non-hydrogen) atoms. The Bertz CT molecular complexity index is 237. The van der Waals surface area contributed by atoms with Gasteiger partial charge in [-0.15, -0.1) is 0 Å². The molecule has 0 saturated carbocycles. The average molecular weight is 212 g/mol. The fraction of sp³-hybridized carbons (Fsp3) is 0.818. The highest BCUT2D eigenvalue weighted by Gasteiger charge is 2.24. The third-order valence-corrected chi connectivity index (χ3v) is 2.50. The van der Waals surface area contributed by atoms with E-state index < -0.39 is 0 Å². The van der Waals surface area contributed by atoms with Gasteiger partial charge in [0, 0.05) is 32.6 Å². The highest BCUT2D eigenvalue weighted by molar-refractivity contribution is 5.77. The molecule has 0 aliphatic carbocycles. The first kappa shape index (κ1) is 12.0. The Morgan fingerprint density at radius 1 is 1.20 bits per heavy atom. The molecule has 0 spiro atoms. The molecule has 1 fully saturated rings. The maximum atomic E-state index is 11.8. The first-order valence-corrected chi connectivity index (χ1v) is 5.39. The quantitative estimate of drug-likeness (QED) is 0.633. The molecule has 1 saturated heterocycles. The molecule has 0 atom stereocenters. The van der Waals surface area contributed by atoms with E-state index in [0.717, 1.165) is 6.41 Å². The second-order valence-corrected chi connectivity index (χ2v) is 5.26. The van der Waals surface area contributed by atoms with Crippen molar-refractivity contribution in [3.63, 3.8) is 0 Å². The van der Waals surface area contributed by atoms with Crippen molar-refractivity contribution in [2.24, 2.45) is 5.41 Å². The minimum absolute atomic E-state index is 0.0406. The standard InChI is InChI=1S/C11H20N2O2/c1-11(2,3)8-10(15)13-6-4-12(9-14)5-7-13/h9H,4-8H2,1-3H3. The molecule has 1 aliphatic rings. The number of piperazine rings is 1. The average Bonchev–Trinajstić information content (AvgIpc) is 2.15. The molecular formula is C11H20N2O2. The third-order valence-electron chi connectivity index (χ3n) is 2.50. The molecule has 0 aromatic carbocycles. The summed E-state index contributed by atoms with van der Waals surface area (Å²) >= 11 is 0. The van der Waals surface area contributed by atoms with Crippen LogP contribution < -0.4 is 0 Å². The summed E-state index contributed by atoms with van der Waals surface area (Å²) in [5.74, 6) is 0.202. The van der Waals surface area contributed by atoms with E-state index >= 15 is 0 Å². The van der Waals surface area contributed by atoms with Gasteiger partial charge in [0.2, 0.25) is 12.3 Å². The molecule has 0 N–H and O–H groups in total. The molecule has 0 aromatic heterocycles. The summed E-state index contributed by atoms with van der Waals surface area (Å²) < 4.78 is 0. The Morgan fingerprint density at radius 3 is 2.13 bits per heavy atom. The van der Waals surface area contributed by atoms with Gasteiger partial charge in [0.25, 0.3) is 0 Å². The van der Waals surface area contributed by atoms with Crippen molar-refractivity contribution in [2.75, 3.05) is 26.2 Å². The Hall–Kier alpha value is -1.06. The number of rotatable bonds is 2. The molecule has 0 bridgehead atoms. The lowest BCUT2D eigenvalue weighted by molar-refractivity contribution is -0.136. The van der Waals surface area contributed by atoms with E-state index in [1.165, 1.54) is 0 Å². The maximum Gasteiger partial charge on any atom is 0.223 e. The Morgan fingerprint density at radius 2 is 1.73 bits per heavy atom. The number of carbonyl (C=O) groups is 2. The van der Waals surface area contributed by atoms with E-state index in [9.17, 15) is 9.59 Å². The van der Waals surface area contributed by atoms with Gasteiger partial charge in [-0.3, -0.25) is 9.59 Å². The van der Waals surface area contributed by atoms with Gasteiger partial charge in [0.05, 0.1) is 0 Å². The summed E-state index contributed by atoms with van der Waals surface area (Å²) in [6.07, 6.45) is 1.43. The zero-order valence-electron chi connectivity index (χ0n) is 9.82. The SMILES string of the molecule is CC(C)(C)CC(=O)N1CCN(C=O)CC1. The van der Waals surface area contributed by atoms with Gasteiger partial charge in [-0.25, -0.2) is 0 Å². The Labute approximate surface area is 91.2 Å². The number of carbonyl (C=O) groups excluding carboxylic acids is 2. The highest BCUT2D eigenvalue weighted by Crippen LogP contribution is 2.20. The van der Waals surface area contributed by atoms with Gasteiger partial charge in [-0.1, -0.05) is 20.8 Å². The summed E-state index contributed by atoms with van der Waals surface area (Å²) in [6.45, 7) is 8.87. The molecular weight excluding hydrogens is 192 g/mol. The van der Waals surface area contributed by atoms with Crippen LogP contribution in [0.15, 0.2) is 0 Å². The lowest BCUT2D eigenvalue weighted by Crippen LogP contribution is -2.48. The van der Waals surface area contributed by atoms with E-state index in [2.05, 4.69) is 20.8 Å². The van der Waals surface area contributed by atoms with Crippen LogP contribution in [-0.2, 0) is 9.59 Å². The van der Waals surface area contributed by atoms with Crippen molar-refractivity contribution >= 4 is 12.3 Å². The van der Waals surface area contributed by atoms with Crippen LogP contribution in [0.3, 0.4) is 0 Å². The van der Waals surface area contributed by atoms with Gasteiger partial charge in [0.1, 0.15) is 0 Å². The molecule has 0 aromatic rings. The summed E-state index contributed by atoms with van der Waals surface area (Å²) in [5.41, 5.74) is 0.0406. The molecule has 1 aliphatic heterocycles. The minimum atomic E-state index is 0.0406. The number of hydrogen-bond acceptors (Lipinski definition) is 2. The molecule has 0 radical (unpaired) electrons. The third kappa shape index (κ3) is 3.90. The van der Waals surface area contributed by atoms with Gasteiger partial charge >= 0.3 is 0 Å². The zero-order valence-corrected chi connectivity index (χ0v) is 9.82. The fourth-order valence-corrected chi connectivity index (χ4v) is 1.64. The van der Waals surface area contributed by atoms with E-state index in [-0.39, 0.29) is 11.3 Å². The van der Waals surface area contributed by atoms with Gasteiger partial charge in [-0.2, -0.15) is 0 Å². The van der Waals surface area contributed by atoms with Crippen LogP contribution in [0.1, 0.15) is 27.2 Å². The van der Waals surface area contributed by atoms with E-state index in [1.54, 1.807) is 4.90 Å². The lowest BCUT2D eigenvalue weighted by Gasteiger charge is -2.34. The molecule has 1 heterocycles. The summed E-state index contributed by atoms with van der Waals surface area (Å²) in [5, 5.41) is 0. The van der Waals surface area contributed by atoms with E-state index in [1.807, 2.05) is 4.90 Å². The molecule has 4 nitrogen and oxygen atoms in total. The van der Waals surface area contributed by atoms with Gasteiger partial charge < -0.3 is 9.80 Å². The van der Waals surface area contributed by atoms with Crippen LogP contribution in [0.25, 0.3) is 0 Å². The largest absolute Gasteiger partial charge is 0.342 e. The number of hydrogen-bond donors (Lipinski definition) is 0. The monoisotopic (exact) mass is 212 g/mol. The lowest BCUT2D eigenvalue weighted by atomic mass is 9.91. The van der Waals surface area contributed by atoms with E-state index in [4.69, 9.17) is 0 Å². The molecule has 1 rings (SSSR count). The van der Waals surface area contributed by atoms with Crippen LogP contribution in [0.2, 0.25) is 0 Å². The van der Waals surface area contributed by atoms with Crippen molar-refractivity contribution in [1.29, 1.82) is 0 Å². The van der Waals surface area contributed by atoms with Crippen LogP contribution >= 0.6 is 0 Å². The van der Waals surface area contributed by atoms with Crippen molar-refractivity contribution in [1.82, 2.24) is 9.80 Å². The summed E-state index contributed by atoms with van der Waals surface area (Å²) in [7, 11) is 0. The zero-order chi connectivity index (χ0) is 11.5. The molecule has 2 amide bonds. The molecule has 86 valence electrons. The second kappa shape index (κ2) is 4.64. The summed E-state index contributed by atoms with van der Waals surface area (Å²) in [6, 6.07) is 0. The smallest absolute Gasteiger partial charge is 0.223 e. The minimum Gasteiger partial charge on any atom is -0.342 e. The fourth-order valence-electron chi connectivity index (χ4n) is 1.64. The van der Waals surface area contributed by atoms with Gasteiger partial charge in [0.15, 0.2) is 0 Å². The molecule has 0 unspecified atom stereocenters. The van der Waals surface area contributed by atoms with Crippen LogP contribution in [0.4, 0.5) is 0 Å². The maximum absolute atomic E-state index is 11.8. The van der Waals surface area contributed by atoms with Crippen molar-refractivity contribution in [3.8, 4) is 0 Å². The first-order valence-electron chi connectivity index (χ1n) is 5.39. The van der Waals surface area contributed by atoms with E-state index in [0.29, 0.717) is 32.6 Å². The first-order chi connectivity index (χ1) is 6.92. The van der Waals surface area contributed by atoms with Crippen LogP contribution in [0, 0.1) is 5.41 Å². The predicted octanol–water partition coefficient (Wildman–Crippen LogP) is 0.723. The van der Waals surface area contributed by atoms with Gasteiger partial charge in [-0.05, 0) is 5.41 Å². The van der Waals surface area contributed by atoms with Crippen LogP contribution in [0.5, 0.6) is 0 Å². The summed E-state index contributed by atoms with van der Waals surface area (Å²) in [4.78, 5) is 25.9. The number of nitrogens with zero attached hydrogens (tertiary/aromatic N) is 2. The van der Waals surface area contributed by atoms with Crippen LogP contribution in [-0.4, -0.2) is 48.3 Å². The Kier molecular flexibility index (Phi) is 3.72.